The maximum atomic E-state index is 15.3. The van der Waals surface area contributed by atoms with Crippen LogP contribution in [0.15, 0.2) is 16.9 Å². The molecule has 36 heavy (non-hydrogen) atoms. The standard InChI is InChI=1S/C23H22F4N6O3/c24-15-10-13(36-9-5-28)11-16-17(15)22(20(35)33(16)12-23(25,26)27)3-7-32(8-4-22)21-30-18-14(19(34)31-21)2-1-6-29-18/h10-11H,1-4,6-9,12H2,(H2,29,30,31,34). The number of carbonyl (C=O) groups excluding carboxylic acids is 1. The molecule has 1 aromatic carbocycles. The molecule has 2 N–H and O–H groups in total. The zero-order valence-electron chi connectivity index (χ0n) is 19.0. The van der Waals surface area contributed by atoms with Crippen molar-refractivity contribution < 1.29 is 27.1 Å². The van der Waals surface area contributed by atoms with Gasteiger partial charge in [-0.25, -0.2) is 4.39 Å². The van der Waals surface area contributed by atoms with E-state index in [4.69, 9.17) is 10.00 Å². The number of H-pyrrole nitrogens is 1. The molecule has 0 radical (unpaired) electrons. The van der Waals surface area contributed by atoms with Crippen LogP contribution in [0.1, 0.15) is 30.4 Å². The second-order valence-electron chi connectivity index (χ2n) is 9.07. The molecule has 1 aromatic heterocycles. The van der Waals surface area contributed by atoms with Gasteiger partial charge in [-0.3, -0.25) is 14.6 Å². The van der Waals surface area contributed by atoms with Gasteiger partial charge in [-0.2, -0.15) is 23.4 Å². The number of anilines is 3. The highest BCUT2D eigenvalue weighted by atomic mass is 19.4. The highest BCUT2D eigenvalue weighted by molar-refractivity contribution is 6.08. The minimum atomic E-state index is -4.71. The number of piperidine rings is 1. The van der Waals surface area contributed by atoms with E-state index in [9.17, 15) is 22.8 Å². The van der Waals surface area contributed by atoms with Crippen molar-refractivity contribution in [2.24, 2.45) is 0 Å². The first-order valence-corrected chi connectivity index (χ1v) is 11.5. The van der Waals surface area contributed by atoms with Crippen molar-refractivity contribution >= 4 is 23.4 Å². The Labute approximate surface area is 202 Å². The number of aromatic nitrogens is 2. The van der Waals surface area contributed by atoms with Crippen LogP contribution in [0.2, 0.25) is 0 Å². The summed E-state index contributed by atoms with van der Waals surface area (Å²) in [6.07, 6.45) is -3.24. The smallest absolute Gasteiger partial charge is 0.406 e. The fraction of sp³-hybridized carbons (Fsp3) is 0.478. The van der Waals surface area contributed by atoms with E-state index in [1.54, 1.807) is 11.0 Å². The summed E-state index contributed by atoms with van der Waals surface area (Å²) in [5.74, 6) is -1.04. The number of alkyl halides is 3. The molecule has 0 aliphatic carbocycles. The number of nitrogens with zero attached hydrogens (tertiary/aromatic N) is 4. The van der Waals surface area contributed by atoms with Crippen molar-refractivity contribution in [1.29, 1.82) is 5.26 Å². The number of fused-ring (bicyclic) bond motifs is 3. The number of nitrogens with one attached hydrogen (secondary N) is 2. The summed E-state index contributed by atoms with van der Waals surface area (Å²) < 4.78 is 60.6. The molecular formula is C23H22F4N6O3. The molecule has 0 saturated carbocycles. The number of benzene rings is 1. The topological polar surface area (TPSA) is 114 Å². The van der Waals surface area contributed by atoms with Gasteiger partial charge in [0.1, 0.15) is 30.0 Å². The Hall–Kier alpha value is -3.82. The van der Waals surface area contributed by atoms with E-state index in [1.807, 2.05) is 0 Å². The molecule has 1 fully saturated rings. The van der Waals surface area contributed by atoms with E-state index in [0.717, 1.165) is 12.5 Å². The van der Waals surface area contributed by atoms with Crippen LogP contribution in [0.5, 0.6) is 5.75 Å². The van der Waals surface area contributed by atoms with Crippen LogP contribution in [-0.2, 0) is 16.6 Å². The zero-order valence-corrected chi connectivity index (χ0v) is 19.0. The van der Waals surface area contributed by atoms with E-state index < -0.39 is 36.5 Å². The van der Waals surface area contributed by atoms with Crippen molar-refractivity contribution in [2.75, 3.05) is 47.9 Å². The SMILES string of the molecule is N#CCOc1cc(F)c2c(c1)N(CC(F)(F)F)C(=O)C21CCN(c2nc3c(c(=O)[nH]2)CCCN3)CC1. The number of ether oxygens (including phenoxy) is 1. The highest BCUT2D eigenvalue weighted by Gasteiger charge is 2.56. The summed E-state index contributed by atoms with van der Waals surface area (Å²) in [5, 5.41) is 11.8. The Kier molecular flexibility index (Phi) is 5.77. The lowest BCUT2D eigenvalue weighted by atomic mass is 9.73. The number of halogens is 4. The van der Waals surface area contributed by atoms with Crippen LogP contribution in [0, 0.1) is 17.1 Å². The summed E-state index contributed by atoms with van der Waals surface area (Å²) in [4.78, 5) is 35.5. The molecule has 2 aromatic rings. The second-order valence-corrected chi connectivity index (χ2v) is 9.07. The quantitative estimate of drug-likeness (QED) is 0.613. The van der Waals surface area contributed by atoms with Gasteiger partial charge in [-0.05, 0) is 25.7 Å². The number of hydrogen-bond donors (Lipinski definition) is 2. The van der Waals surface area contributed by atoms with Gasteiger partial charge in [0.05, 0.1) is 16.7 Å². The predicted octanol–water partition coefficient (Wildman–Crippen LogP) is 2.62. The van der Waals surface area contributed by atoms with Gasteiger partial charge in [0.25, 0.3) is 5.56 Å². The number of hydrogen-bond acceptors (Lipinski definition) is 7. The fourth-order valence-corrected chi connectivity index (χ4v) is 5.31. The van der Waals surface area contributed by atoms with E-state index in [2.05, 4.69) is 15.3 Å². The van der Waals surface area contributed by atoms with Crippen LogP contribution < -0.4 is 25.4 Å². The van der Waals surface area contributed by atoms with Crippen LogP contribution in [0.25, 0.3) is 0 Å². The number of aromatic amines is 1. The molecule has 190 valence electrons. The number of carbonyl (C=O) groups is 1. The third-order valence-electron chi connectivity index (χ3n) is 6.92. The summed E-state index contributed by atoms with van der Waals surface area (Å²) in [5.41, 5.74) is -1.51. The van der Waals surface area contributed by atoms with Crippen LogP contribution in [-0.4, -0.2) is 54.8 Å². The molecule has 3 aliphatic rings. The molecule has 5 rings (SSSR count). The summed E-state index contributed by atoms with van der Waals surface area (Å²) in [6, 6.07) is 3.88. The first kappa shape index (κ1) is 23.9. The molecule has 0 atom stereocenters. The first-order valence-electron chi connectivity index (χ1n) is 11.5. The first-order chi connectivity index (χ1) is 17.1. The largest absolute Gasteiger partial charge is 0.479 e. The minimum Gasteiger partial charge on any atom is -0.479 e. The van der Waals surface area contributed by atoms with E-state index in [-0.39, 0.29) is 48.5 Å². The van der Waals surface area contributed by atoms with E-state index in [0.29, 0.717) is 35.2 Å². The Morgan fingerprint density at radius 1 is 1.22 bits per heavy atom. The van der Waals surface area contributed by atoms with Gasteiger partial charge >= 0.3 is 6.18 Å². The van der Waals surface area contributed by atoms with Crippen molar-refractivity contribution in [2.45, 2.75) is 37.3 Å². The molecule has 4 heterocycles. The maximum absolute atomic E-state index is 15.3. The Balaban J connectivity index is 1.48. The summed E-state index contributed by atoms with van der Waals surface area (Å²) in [7, 11) is 0. The van der Waals surface area contributed by atoms with Crippen molar-refractivity contribution in [3.63, 3.8) is 0 Å². The van der Waals surface area contributed by atoms with Gasteiger partial charge in [-0.15, -0.1) is 0 Å². The zero-order chi connectivity index (χ0) is 25.7. The van der Waals surface area contributed by atoms with Crippen LogP contribution >= 0.6 is 0 Å². The molecule has 0 unspecified atom stereocenters. The predicted molar refractivity (Wildman–Crippen MR) is 121 cm³/mol. The third kappa shape index (κ3) is 4.00. The normalized spacial score (nSPS) is 18.5. The Morgan fingerprint density at radius 2 is 1.97 bits per heavy atom. The van der Waals surface area contributed by atoms with Crippen LogP contribution in [0.4, 0.5) is 35.0 Å². The molecule has 13 heteroatoms. The van der Waals surface area contributed by atoms with Crippen molar-refractivity contribution in [1.82, 2.24) is 9.97 Å². The minimum absolute atomic E-state index is 0.0245. The Morgan fingerprint density at radius 3 is 2.67 bits per heavy atom. The number of rotatable bonds is 4. The van der Waals surface area contributed by atoms with E-state index in [1.165, 1.54) is 6.07 Å². The summed E-state index contributed by atoms with van der Waals surface area (Å²) in [6.45, 7) is -0.980. The van der Waals surface area contributed by atoms with Gasteiger partial charge in [-0.1, -0.05) is 0 Å². The number of nitriles is 1. The maximum Gasteiger partial charge on any atom is 0.406 e. The summed E-state index contributed by atoms with van der Waals surface area (Å²) >= 11 is 0. The van der Waals surface area contributed by atoms with Gasteiger partial charge in [0.2, 0.25) is 11.9 Å². The van der Waals surface area contributed by atoms with Crippen molar-refractivity contribution in [3.8, 4) is 11.8 Å². The fourth-order valence-electron chi connectivity index (χ4n) is 5.31. The van der Waals surface area contributed by atoms with Gasteiger partial charge < -0.3 is 19.9 Å². The molecule has 1 saturated heterocycles. The molecule has 1 spiro atoms. The molecule has 3 aliphatic heterocycles. The highest BCUT2D eigenvalue weighted by Crippen LogP contribution is 2.51. The molecule has 9 nitrogen and oxygen atoms in total. The van der Waals surface area contributed by atoms with Crippen LogP contribution in [0.3, 0.4) is 0 Å². The average Bonchev–Trinajstić information content (AvgIpc) is 3.05. The molecular weight excluding hydrogens is 484 g/mol. The molecule has 1 amide bonds. The lowest BCUT2D eigenvalue weighted by Gasteiger charge is -2.39. The number of amides is 1. The van der Waals surface area contributed by atoms with Crippen molar-refractivity contribution in [3.05, 3.63) is 39.4 Å². The monoisotopic (exact) mass is 506 g/mol. The third-order valence-corrected chi connectivity index (χ3v) is 6.92. The molecule has 0 bridgehead atoms. The lowest BCUT2D eigenvalue weighted by molar-refractivity contribution is -0.135. The second kappa shape index (κ2) is 8.69. The van der Waals surface area contributed by atoms with Gasteiger partial charge in [0, 0.05) is 37.3 Å². The average molecular weight is 506 g/mol. The lowest BCUT2D eigenvalue weighted by Crippen LogP contribution is -2.51. The van der Waals surface area contributed by atoms with E-state index >= 15 is 4.39 Å². The van der Waals surface area contributed by atoms with Gasteiger partial charge in [0.15, 0.2) is 6.61 Å². The Bertz CT molecular complexity index is 1310.